The van der Waals surface area contributed by atoms with Crippen molar-refractivity contribution in [2.45, 2.75) is 4.90 Å². The average molecular weight is 410 g/mol. The van der Waals surface area contributed by atoms with Crippen molar-refractivity contribution in [2.75, 3.05) is 38.3 Å². The second-order valence-electron chi connectivity index (χ2n) is 6.14. The summed E-state index contributed by atoms with van der Waals surface area (Å²) in [5, 5.41) is 2.44. The number of benzene rings is 1. The molecule has 6 nitrogen and oxygen atoms in total. The fourth-order valence-corrected chi connectivity index (χ4v) is 4.78. The van der Waals surface area contributed by atoms with Crippen LogP contribution >= 0.6 is 22.7 Å². The Morgan fingerprint density at radius 2 is 1.96 bits per heavy atom. The van der Waals surface area contributed by atoms with Crippen molar-refractivity contribution in [3.63, 3.8) is 0 Å². The molecule has 0 aliphatic rings. The van der Waals surface area contributed by atoms with Gasteiger partial charge in [0.15, 0.2) is 15.0 Å². The minimum atomic E-state index is -3.29. The largest absolute Gasteiger partial charge is 0.308 e. The summed E-state index contributed by atoms with van der Waals surface area (Å²) in [5.74, 6) is -0.0933. The van der Waals surface area contributed by atoms with E-state index < -0.39 is 9.84 Å². The number of likely N-dealkylation sites (N-methyl/N-ethyl adjacent to an activating group) is 1. The second kappa shape index (κ2) is 7.43. The third-order valence-electron chi connectivity index (χ3n) is 3.76. The maximum Gasteiger partial charge on any atom is 0.270 e. The SMILES string of the molecule is CN(C)CCN(C(=O)c1cccs1)c1nc2ccc(S(C)(=O)=O)cc2s1. The Morgan fingerprint density at radius 1 is 1.19 bits per heavy atom. The number of sulfone groups is 1. The summed E-state index contributed by atoms with van der Waals surface area (Å²) in [6, 6.07) is 8.49. The molecule has 0 fully saturated rings. The smallest absolute Gasteiger partial charge is 0.270 e. The van der Waals surface area contributed by atoms with Crippen LogP contribution in [0.15, 0.2) is 40.6 Å². The first-order valence-corrected chi connectivity index (χ1v) is 11.5. The van der Waals surface area contributed by atoms with Crippen LogP contribution in [-0.2, 0) is 9.84 Å². The Hall–Kier alpha value is -1.81. The molecule has 26 heavy (non-hydrogen) atoms. The molecule has 0 aliphatic heterocycles. The molecule has 9 heteroatoms. The number of aromatic nitrogens is 1. The highest BCUT2D eigenvalue weighted by atomic mass is 32.2. The highest BCUT2D eigenvalue weighted by Crippen LogP contribution is 2.31. The maximum atomic E-state index is 12.9. The van der Waals surface area contributed by atoms with Gasteiger partial charge in [0.1, 0.15) is 0 Å². The number of fused-ring (bicyclic) bond motifs is 1. The lowest BCUT2D eigenvalue weighted by Crippen LogP contribution is -2.36. The number of carbonyl (C=O) groups excluding carboxylic acids is 1. The molecule has 2 heterocycles. The van der Waals surface area contributed by atoms with E-state index in [1.54, 1.807) is 29.2 Å². The van der Waals surface area contributed by atoms with Gasteiger partial charge in [-0.25, -0.2) is 13.4 Å². The van der Waals surface area contributed by atoms with E-state index in [1.807, 2.05) is 30.4 Å². The van der Waals surface area contributed by atoms with Gasteiger partial charge in [-0.05, 0) is 43.7 Å². The van der Waals surface area contributed by atoms with E-state index in [-0.39, 0.29) is 10.8 Å². The fourth-order valence-electron chi connectivity index (χ4n) is 2.36. The first-order valence-electron chi connectivity index (χ1n) is 7.86. The summed E-state index contributed by atoms with van der Waals surface area (Å²) >= 11 is 2.72. The first-order chi connectivity index (χ1) is 12.3. The van der Waals surface area contributed by atoms with Crippen LogP contribution in [0.25, 0.3) is 10.2 Å². The summed E-state index contributed by atoms with van der Waals surface area (Å²) in [7, 11) is 0.613. The molecular weight excluding hydrogens is 390 g/mol. The van der Waals surface area contributed by atoms with Crippen molar-refractivity contribution in [1.29, 1.82) is 0 Å². The normalized spacial score (nSPS) is 12.0. The number of carbonyl (C=O) groups is 1. The molecule has 0 unspecified atom stereocenters. The lowest BCUT2D eigenvalue weighted by molar-refractivity contribution is 0.0989. The number of amides is 1. The van der Waals surface area contributed by atoms with Gasteiger partial charge in [0.05, 0.1) is 20.0 Å². The number of hydrogen-bond acceptors (Lipinski definition) is 7. The van der Waals surface area contributed by atoms with Crippen LogP contribution in [0.2, 0.25) is 0 Å². The van der Waals surface area contributed by atoms with Crippen LogP contribution in [0.3, 0.4) is 0 Å². The van der Waals surface area contributed by atoms with Crippen molar-refractivity contribution >= 4 is 53.8 Å². The molecule has 0 radical (unpaired) electrons. The van der Waals surface area contributed by atoms with Gasteiger partial charge in [0.25, 0.3) is 5.91 Å². The predicted molar refractivity (Wildman–Crippen MR) is 107 cm³/mol. The van der Waals surface area contributed by atoms with Crippen molar-refractivity contribution in [3.8, 4) is 0 Å². The Morgan fingerprint density at radius 3 is 2.58 bits per heavy atom. The third-order valence-corrected chi connectivity index (χ3v) is 6.76. The van der Waals surface area contributed by atoms with Gasteiger partial charge in [-0.3, -0.25) is 9.69 Å². The van der Waals surface area contributed by atoms with Gasteiger partial charge in [0, 0.05) is 19.3 Å². The minimum absolute atomic E-state index is 0.0933. The summed E-state index contributed by atoms with van der Waals surface area (Å²) < 4.78 is 24.3. The Labute approximate surface area is 160 Å². The zero-order valence-corrected chi connectivity index (χ0v) is 17.1. The van der Waals surface area contributed by atoms with Gasteiger partial charge in [-0.2, -0.15) is 0 Å². The molecule has 138 valence electrons. The number of nitrogens with zero attached hydrogens (tertiary/aromatic N) is 3. The summed E-state index contributed by atoms with van der Waals surface area (Å²) in [6.07, 6.45) is 1.18. The molecule has 0 N–H and O–H groups in total. The molecule has 0 saturated heterocycles. The predicted octanol–water partition coefficient (Wildman–Crippen LogP) is 2.97. The quantitative estimate of drug-likeness (QED) is 0.626. The summed E-state index contributed by atoms with van der Waals surface area (Å²) in [6.45, 7) is 1.20. The van der Waals surface area contributed by atoms with Gasteiger partial charge >= 0.3 is 0 Å². The molecule has 1 aromatic carbocycles. The Kier molecular flexibility index (Phi) is 5.42. The molecule has 0 atom stereocenters. The summed E-state index contributed by atoms with van der Waals surface area (Å²) in [5.41, 5.74) is 0.686. The van der Waals surface area contributed by atoms with Crippen LogP contribution in [-0.4, -0.2) is 57.6 Å². The van der Waals surface area contributed by atoms with Crippen LogP contribution in [0.4, 0.5) is 5.13 Å². The topological polar surface area (TPSA) is 70.6 Å². The molecule has 0 bridgehead atoms. The second-order valence-corrected chi connectivity index (χ2v) is 10.1. The molecule has 2 aromatic heterocycles. The number of hydrogen-bond donors (Lipinski definition) is 0. The lowest BCUT2D eigenvalue weighted by Gasteiger charge is -2.21. The van der Waals surface area contributed by atoms with Crippen LogP contribution in [0, 0.1) is 0 Å². The van der Waals surface area contributed by atoms with E-state index in [1.165, 1.54) is 28.9 Å². The molecule has 3 rings (SSSR count). The number of anilines is 1. The van der Waals surface area contributed by atoms with E-state index in [0.717, 1.165) is 4.70 Å². The van der Waals surface area contributed by atoms with Crippen LogP contribution in [0.1, 0.15) is 9.67 Å². The van der Waals surface area contributed by atoms with Crippen molar-refractivity contribution in [2.24, 2.45) is 0 Å². The Bertz CT molecular complexity index is 1020. The first kappa shape index (κ1) is 19.0. The zero-order valence-electron chi connectivity index (χ0n) is 14.7. The molecular formula is C17H19N3O3S3. The molecule has 3 aromatic rings. The zero-order chi connectivity index (χ0) is 18.9. The summed E-state index contributed by atoms with van der Waals surface area (Å²) in [4.78, 5) is 22.0. The maximum absolute atomic E-state index is 12.9. The number of thiophene rings is 1. The van der Waals surface area contributed by atoms with Gasteiger partial charge in [-0.15, -0.1) is 11.3 Å². The number of thiazole rings is 1. The van der Waals surface area contributed by atoms with Gasteiger partial charge in [-0.1, -0.05) is 17.4 Å². The molecule has 0 saturated carbocycles. The number of rotatable bonds is 6. The van der Waals surface area contributed by atoms with E-state index in [9.17, 15) is 13.2 Å². The molecule has 1 amide bonds. The van der Waals surface area contributed by atoms with E-state index in [4.69, 9.17) is 0 Å². The Balaban J connectivity index is 2.01. The van der Waals surface area contributed by atoms with Crippen molar-refractivity contribution in [1.82, 2.24) is 9.88 Å². The monoisotopic (exact) mass is 409 g/mol. The van der Waals surface area contributed by atoms with Gasteiger partial charge in [0.2, 0.25) is 0 Å². The highest BCUT2D eigenvalue weighted by Gasteiger charge is 2.22. The fraction of sp³-hybridized carbons (Fsp3) is 0.294. The molecule has 0 aliphatic carbocycles. The van der Waals surface area contributed by atoms with E-state index in [2.05, 4.69) is 4.98 Å². The minimum Gasteiger partial charge on any atom is -0.308 e. The van der Waals surface area contributed by atoms with Crippen LogP contribution in [0.5, 0.6) is 0 Å². The lowest BCUT2D eigenvalue weighted by atomic mass is 10.3. The third kappa shape index (κ3) is 4.12. The van der Waals surface area contributed by atoms with Crippen molar-refractivity contribution < 1.29 is 13.2 Å². The van der Waals surface area contributed by atoms with Crippen LogP contribution < -0.4 is 4.90 Å². The molecule has 0 spiro atoms. The average Bonchev–Trinajstić information content (AvgIpc) is 3.22. The van der Waals surface area contributed by atoms with Gasteiger partial charge < -0.3 is 4.90 Å². The van der Waals surface area contributed by atoms with E-state index in [0.29, 0.717) is 28.6 Å². The highest BCUT2D eigenvalue weighted by molar-refractivity contribution is 7.90. The van der Waals surface area contributed by atoms with E-state index >= 15 is 0 Å². The van der Waals surface area contributed by atoms with Crippen molar-refractivity contribution in [3.05, 3.63) is 40.6 Å². The standard InChI is InChI=1S/C17H19N3O3S3/c1-19(2)8-9-20(16(21)14-5-4-10-24-14)17-18-13-7-6-12(26(3,22)23)11-15(13)25-17/h4-7,10-11H,8-9H2,1-3H3.